The van der Waals surface area contributed by atoms with E-state index in [0.29, 0.717) is 0 Å². The van der Waals surface area contributed by atoms with Crippen molar-refractivity contribution in [3.8, 4) is 0 Å². The summed E-state index contributed by atoms with van der Waals surface area (Å²) in [5, 5.41) is 8.83. The highest BCUT2D eigenvalue weighted by atomic mass is 32.1. The molecule has 0 amide bonds. The fourth-order valence-electron chi connectivity index (χ4n) is 1.86. The summed E-state index contributed by atoms with van der Waals surface area (Å²) in [5.74, 6) is 0. The van der Waals surface area contributed by atoms with Gasteiger partial charge in [-0.25, -0.2) is 9.36 Å². The number of rotatable bonds is 2. The summed E-state index contributed by atoms with van der Waals surface area (Å²) in [4.78, 5) is 0. The van der Waals surface area contributed by atoms with Crippen LogP contribution < -0.4 is 0 Å². The van der Waals surface area contributed by atoms with Crippen molar-refractivity contribution in [2.24, 2.45) is 0 Å². The van der Waals surface area contributed by atoms with Crippen LogP contribution in [-0.2, 0) is 0 Å². The zero-order valence-electron chi connectivity index (χ0n) is 9.97. The van der Waals surface area contributed by atoms with Gasteiger partial charge in [-0.05, 0) is 39.8 Å². The first kappa shape index (κ1) is 11.3. The fourth-order valence-corrected chi connectivity index (χ4v) is 2.33. The van der Waals surface area contributed by atoms with E-state index in [2.05, 4.69) is 22.8 Å². The van der Waals surface area contributed by atoms with Crippen molar-refractivity contribution in [1.29, 1.82) is 0 Å². The van der Waals surface area contributed by atoms with Crippen LogP contribution in [0.2, 0.25) is 0 Å². The Kier molecular flexibility index (Phi) is 2.80. The topological polar surface area (TPSA) is 35.6 Å². The molecule has 0 aliphatic heterocycles. The number of aryl methyl sites for hydroxylation is 4. The Morgan fingerprint density at radius 2 is 1.31 bits per heavy atom. The minimum Gasteiger partial charge on any atom is -0.235 e. The van der Waals surface area contributed by atoms with Crippen LogP contribution in [0.1, 0.15) is 28.3 Å². The van der Waals surface area contributed by atoms with E-state index in [1.165, 1.54) is 0 Å². The second-order valence-electron chi connectivity index (χ2n) is 4.09. The summed E-state index contributed by atoms with van der Waals surface area (Å²) < 4.78 is 3.75. The molecule has 4 nitrogen and oxygen atoms in total. The van der Waals surface area contributed by atoms with Crippen LogP contribution in [0.25, 0.3) is 0 Å². The van der Waals surface area contributed by atoms with Gasteiger partial charge in [0, 0.05) is 11.4 Å². The van der Waals surface area contributed by atoms with Crippen molar-refractivity contribution < 1.29 is 0 Å². The Morgan fingerprint density at radius 3 is 1.56 bits per heavy atom. The summed E-state index contributed by atoms with van der Waals surface area (Å²) in [6, 6.07) is 4.07. The molecule has 5 heteroatoms. The maximum Gasteiger partial charge on any atom is 0.187 e. The molecule has 0 atom stereocenters. The van der Waals surface area contributed by atoms with E-state index in [4.69, 9.17) is 0 Å². The van der Waals surface area contributed by atoms with E-state index < -0.39 is 0 Å². The molecule has 0 aliphatic rings. The third kappa shape index (κ3) is 1.87. The Balaban J connectivity index is 2.42. The molecule has 0 unspecified atom stereocenters. The highest BCUT2D eigenvalue weighted by Crippen LogP contribution is 2.19. The summed E-state index contributed by atoms with van der Waals surface area (Å²) >= 11 is 4.58. The third-order valence-electron chi connectivity index (χ3n) is 2.53. The fraction of sp³-hybridized carbons (Fsp3) is 0.455. The second-order valence-corrected chi connectivity index (χ2v) is 4.55. The number of hydrogen-bond acceptors (Lipinski definition) is 3. The average Bonchev–Trinajstić information content (AvgIpc) is 2.68. The molecule has 0 aliphatic carbocycles. The molecule has 0 aromatic carbocycles. The van der Waals surface area contributed by atoms with E-state index in [1.54, 1.807) is 0 Å². The predicted molar refractivity (Wildman–Crippen MR) is 66.8 cm³/mol. The highest BCUT2D eigenvalue weighted by molar-refractivity contribution is 7.80. The molecule has 2 aromatic rings. The van der Waals surface area contributed by atoms with Gasteiger partial charge < -0.3 is 0 Å². The van der Waals surface area contributed by atoms with Gasteiger partial charge in [0.25, 0.3) is 0 Å². The quantitative estimate of drug-likeness (QED) is 0.812. The molecule has 2 heterocycles. The molecular formula is C11H16N4S. The van der Waals surface area contributed by atoms with Crippen molar-refractivity contribution in [2.45, 2.75) is 33.2 Å². The SMILES string of the molecule is Cc1cc(C)n(C(S)n2nc(C)cc2C)n1. The van der Waals surface area contributed by atoms with Gasteiger partial charge in [-0.2, -0.15) is 10.2 Å². The standard InChI is InChI=1S/C11H16N4S/c1-7-5-9(3)14(12-7)11(16)15-10(4)6-8(2)13-15/h5-6,11,16H,1-4H3. The summed E-state index contributed by atoms with van der Waals surface area (Å²) in [6.45, 7) is 8.00. The molecule has 0 saturated heterocycles. The first-order valence-corrected chi connectivity index (χ1v) is 5.74. The Bertz CT molecular complexity index is 466. The van der Waals surface area contributed by atoms with Gasteiger partial charge in [0.05, 0.1) is 11.4 Å². The van der Waals surface area contributed by atoms with Crippen molar-refractivity contribution >= 4 is 12.6 Å². The number of hydrogen-bond donors (Lipinski definition) is 1. The van der Waals surface area contributed by atoms with Gasteiger partial charge in [0.1, 0.15) is 0 Å². The first-order valence-electron chi connectivity index (χ1n) is 5.22. The molecule has 0 spiro atoms. The maximum absolute atomic E-state index is 4.58. The molecule has 0 saturated carbocycles. The molecule has 0 N–H and O–H groups in total. The second kappa shape index (κ2) is 3.97. The number of aromatic nitrogens is 4. The van der Waals surface area contributed by atoms with Gasteiger partial charge in [0.2, 0.25) is 0 Å². The minimum absolute atomic E-state index is 0.178. The Morgan fingerprint density at radius 1 is 0.938 bits per heavy atom. The van der Waals surface area contributed by atoms with Crippen molar-refractivity contribution in [3.63, 3.8) is 0 Å². The van der Waals surface area contributed by atoms with Crippen LogP contribution in [0.15, 0.2) is 12.1 Å². The molecule has 2 rings (SSSR count). The molecule has 0 bridgehead atoms. The Hall–Kier alpha value is -1.23. The highest BCUT2D eigenvalue weighted by Gasteiger charge is 2.14. The van der Waals surface area contributed by atoms with Crippen LogP contribution in [0.3, 0.4) is 0 Å². The van der Waals surface area contributed by atoms with Crippen molar-refractivity contribution in [1.82, 2.24) is 19.6 Å². The average molecular weight is 236 g/mol. The monoisotopic (exact) mass is 236 g/mol. The Labute approximate surface area is 101 Å². The number of nitrogens with zero attached hydrogens (tertiary/aromatic N) is 4. The van der Waals surface area contributed by atoms with Crippen molar-refractivity contribution in [3.05, 3.63) is 34.9 Å². The molecule has 16 heavy (non-hydrogen) atoms. The zero-order chi connectivity index (χ0) is 11.9. The normalized spacial score (nSPS) is 11.4. The molecule has 0 fully saturated rings. The van der Waals surface area contributed by atoms with E-state index in [0.717, 1.165) is 22.8 Å². The van der Waals surface area contributed by atoms with E-state index in [-0.39, 0.29) is 5.50 Å². The van der Waals surface area contributed by atoms with E-state index in [9.17, 15) is 0 Å². The van der Waals surface area contributed by atoms with Crippen LogP contribution in [0.4, 0.5) is 0 Å². The van der Waals surface area contributed by atoms with Crippen LogP contribution in [0, 0.1) is 27.7 Å². The maximum atomic E-state index is 4.58. The lowest BCUT2D eigenvalue weighted by molar-refractivity contribution is 0.469. The van der Waals surface area contributed by atoms with Gasteiger partial charge in [-0.3, -0.25) is 0 Å². The number of thiol groups is 1. The van der Waals surface area contributed by atoms with Gasteiger partial charge in [-0.15, -0.1) is 12.6 Å². The lowest BCUT2D eigenvalue weighted by Gasteiger charge is -2.15. The van der Waals surface area contributed by atoms with E-state index in [1.807, 2.05) is 49.2 Å². The largest absolute Gasteiger partial charge is 0.235 e. The smallest absolute Gasteiger partial charge is 0.187 e. The van der Waals surface area contributed by atoms with Crippen LogP contribution in [-0.4, -0.2) is 19.6 Å². The van der Waals surface area contributed by atoms with E-state index >= 15 is 0 Å². The molecule has 0 radical (unpaired) electrons. The summed E-state index contributed by atoms with van der Waals surface area (Å²) in [6.07, 6.45) is 0. The zero-order valence-corrected chi connectivity index (χ0v) is 10.9. The summed E-state index contributed by atoms with van der Waals surface area (Å²) in [5.41, 5.74) is 3.99. The third-order valence-corrected chi connectivity index (χ3v) is 2.96. The van der Waals surface area contributed by atoms with Crippen LogP contribution >= 0.6 is 12.6 Å². The van der Waals surface area contributed by atoms with Gasteiger partial charge in [0.15, 0.2) is 5.50 Å². The molecule has 86 valence electrons. The molecule has 2 aromatic heterocycles. The van der Waals surface area contributed by atoms with Crippen LogP contribution in [0.5, 0.6) is 0 Å². The summed E-state index contributed by atoms with van der Waals surface area (Å²) in [7, 11) is 0. The lowest BCUT2D eigenvalue weighted by Crippen LogP contribution is -2.17. The van der Waals surface area contributed by atoms with Gasteiger partial charge >= 0.3 is 0 Å². The first-order chi connectivity index (χ1) is 7.49. The predicted octanol–water partition coefficient (Wildman–Crippen LogP) is 2.25. The minimum atomic E-state index is -0.178. The lowest BCUT2D eigenvalue weighted by atomic mass is 10.4. The molecular weight excluding hydrogens is 220 g/mol. The van der Waals surface area contributed by atoms with Gasteiger partial charge in [-0.1, -0.05) is 0 Å². The van der Waals surface area contributed by atoms with Crippen molar-refractivity contribution in [2.75, 3.05) is 0 Å².